The second-order valence-corrected chi connectivity index (χ2v) is 8.41. The van der Waals surface area contributed by atoms with E-state index in [2.05, 4.69) is 11.0 Å². The summed E-state index contributed by atoms with van der Waals surface area (Å²) in [7, 11) is -2.91. The molecule has 5 heteroatoms. The molecule has 0 aromatic heterocycles. The van der Waals surface area contributed by atoms with E-state index in [0.717, 1.165) is 24.4 Å². The van der Waals surface area contributed by atoms with Gasteiger partial charge >= 0.3 is 0 Å². The maximum absolute atomic E-state index is 11.9. The Hall–Kier alpha value is -1.33. The number of hydrogen-bond acceptors (Lipinski definition) is 4. The Morgan fingerprint density at radius 3 is 2.95 bits per heavy atom. The van der Waals surface area contributed by atoms with Crippen LogP contribution in [0.5, 0.6) is 5.75 Å². The standard InChI is InChI=1S/C16H21NO3S/c1-13-6-7-17(8-9-21(13,18)19)11-14-10-15-4-2-3-5-16(15)20-12-14/h2-5,10,13H,6-9,11-12H2,1H3/t13-/m1/s1. The number of sulfone groups is 1. The normalized spacial score (nSPS) is 25.4. The first-order valence-corrected chi connectivity index (χ1v) is 9.11. The predicted molar refractivity (Wildman–Crippen MR) is 84.2 cm³/mol. The topological polar surface area (TPSA) is 46.6 Å². The minimum atomic E-state index is -2.91. The molecule has 1 atom stereocenters. The van der Waals surface area contributed by atoms with Crippen molar-refractivity contribution >= 4 is 15.9 Å². The zero-order valence-corrected chi connectivity index (χ0v) is 13.1. The van der Waals surface area contributed by atoms with Crippen molar-refractivity contribution in [1.82, 2.24) is 4.90 Å². The third-order valence-corrected chi connectivity index (χ3v) is 6.49. The first-order chi connectivity index (χ1) is 10.0. The lowest BCUT2D eigenvalue weighted by molar-refractivity contribution is 0.285. The molecule has 1 saturated heterocycles. The molecule has 0 amide bonds. The van der Waals surface area contributed by atoms with Crippen molar-refractivity contribution in [3.8, 4) is 5.75 Å². The van der Waals surface area contributed by atoms with E-state index in [1.165, 1.54) is 5.57 Å². The number of nitrogens with zero attached hydrogens (tertiary/aromatic N) is 1. The summed E-state index contributed by atoms with van der Waals surface area (Å²) in [6.45, 7) is 4.65. The van der Waals surface area contributed by atoms with E-state index in [-0.39, 0.29) is 11.0 Å². The highest BCUT2D eigenvalue weighted by atomic mass is 32.2. The number of hydrogen-bond donors (Lipinski definition) is 0. The molecule has 1 fully saturated rings. The zero-order valence-electron chi connectivity index (χ0n) is 12.3. The molecule has 0 unspecified atom stereocenters. The van der Waals surface area contributed by atoms with E-state index in [9.17, 15) is 8.42 Å². The van der Waals surface area contributed by atoms with Gasteiger partial charge < -0.3 is 4.74 Å². The van der Waals surface area contributed by atoms with Crippen molar-refractivity contribution in [3.05, 3.63) is 35.4 Å². The minimum Gasteiger partial charge on any atom is -0.489 e. The van der Waals surface area contributed by atoms with Crippen molar-refractivity contribution in [2.75, 3.05) is 32.0 Å². The summed E-state index contributed by atoms with van der Waals surface area (Å²) in [5.74, 6) is 1.19. The van der Waals surface area contributed by atoms with Crippen molar-refractivity contribution in [1.29, 1.82) is 0 Å². The maximum atomic E-state index is 11.9. The summed E-state index contributed by atoms with van der Waals surface area (Å²) < 4.78 is 29.6. The van der Waals surface area contributed by atoms with Crippen molar-refractivity contribution in [2.45, 2.75) is 18.6 Å². The third kappa shape index (κ3) is 3.30. The highest BCUT2D eigenvalue weighted by Crippen LogP contribution is 2.26. The van der Waals surface area contributed by atoms with Gasteiger partial charge in [-0.25, -0.2) is 8.42 Å². The fourth-order valence-electron chi connectivity index (χ4n) is 2.81. The van der Waals surface area contributed by atoms with E-state index < -0.39 is 9.84 Å². The molecular weight excluding hydrogens is 286 g/mol. The van der Waals surface area contributed by atoms with Crippen molar-refractivity contribution in [2.24, 2.45) is 0 Å². The number of para-hydroxylation sites is 1. The molecule has 2 aliphatic heterocycles. The van der Waals surface area contributed by atoms with E-state index in [0.29, 0.717) is 19.6 Å². The average Bonchev–Trinajstić information content (AvgIpc) is 2.60. The van der Waals surface area contributed by atoms with Gasteiger partial charge in [-0.15, -0.1) is 0 Å². The lowest BCUT2D eigenvalue weighted by Crippen LogP contribution is -2.31. The molecule has 1 aromatic carbocycles. The molecule has 0 radical (unpaired) electrons. The van der Waals surface area contributed by atoms with Crippen molar-refractivity contribution in [3.63, 3.8) is 0 Å². The Bertz CT molecular complexity index is 651. The summed E-state index contributed by atoms with van der Waals surface area (Å²) in [5, 5.41) is -0.222. The van der Waals surface area contributed by atoms with Gasteiger partial charge in [-0.3, -0.25) is 4.90 Å². The van der Waals surface area contributed by atoms with Gasteiger partial charge in [0.1, 0.15) is 12.4 Å². The van der Waals surface area contributed by atoms with Crippen LogP contribution in [0.3, 0.4) is 0 Å². The first-order valence-electron chi connectivity index (χ1n) is 7.40. The lowest BCUT2D eigenvalue weighted by atomic mass is 10.1. The highest BCUT2D eigenvalue weighted by molar-refractivity contribution is 7.92. The molecule has 0 saturated carbocycles. The molecule has 2 heterocycles. The Balaban J connectivity index is 1.69. The molecule has 0 bridgehead atoms. The van der Waals surface area contributed by atoms with Gasteiger partial charge in [0, 0.05) is 18.7 Å². The van der Waals surface area contributed by atoms with Gasteiger partial charge in [0.05, 0.1) is 11.0 Å². The van der Waals surface area contributed by atoms with E-state index in [1.807, 2.05) is 31.2 Å². The second-order valence-electron chi connectivity index (χ2n) is 5.87. The molecule has 0 spiro atoms. The SMILES string of the molecule is C[C@@H]1CCN(CC2=Cc3ccccc3OC2)CCS1(=O)=O. The summed E-state index contributed by atoms with van der Waals surface area (Å²) in [5.41, 5.74) is 2.32. The molecule has 4 nitrogen and oxygen atoms in total. The van der Waals surface area contributed by atoms with Crippen LogP contribution in [0.4, 0.5) is 0 Å². The molecule has 0 aliphatic carbocycles. The van der Waals surface area contributed by atoms with Crippen LogP contribution in [0.15, 0.2) is 29.8 Å². The molecule has 1 aromatic rings. The van der Waals surface area contributed by atoms with Crippen LogP contribution in [-0.2, 0) is 9.84 Å². The molecule has 3 rings (SSSR count). The number of fused-ring (bicyclic) bond motifs is 1. The third-order valence-electron chi connectivity index (χ3n) is 4.28. The van der Waals surface area contributed by atoms with E-state index in [1.54, 1.807) is 0 Å². The molecule has 0 N–H and O–H groups in total. The summed E-state index contributed by atoms with van der Waals surface area (Å²) in [4.78, 5) is 2.23. The molecule has 114 valence electrons. The van der Waals surface area contributed by atoms with Crippen LogP contribution in [0.2, 0.25) is 0 Å². The monoisotopic (exact) mass is 307 g/mol. The average molecular weight is 307 g/mol. The first kappa shape index (κ1) is 14.6. The molecule has 21 heavy (non-hydrogen) atoms. The van der Waals surface area contributed by atoms with Crippen LogP contribution in [0, 0.1) is 0 Å². The smallest absolute Gasteiger partial charge is 0.154 e. The van der Waals surface area contributed by atoms with Crippen molar-refractivity contribution < 1.29 is 13.2 Å². The maximum Gasteiger partial charge on any atom is 0.154 e. The van der Waals surface area contributed by atoms with Gasteiger partial charge in [-0.1, -0.05) is 18.2 Å². The quantitative estimate of drug-likeness (QED) is 0.838. The fourth-order valence-corrected chi connectivity index (χ4v) is 4.19. The Morgan fingerprint density at radius 2 is 2.10 bits per heavy atom. The molecule has 2 aliphatic rings. The van der Waals surface area contributed by atoms with Gasteiger partial charge in [0.15, 0.2) is 9.84 Å². The van der Waals surface area contributed by atoms with Crippen LogP contribution >= 0.6 is 0 Å². The summed E-state index contributed by atoms with van der Waals surface area (Å²) in [6.07, 6.45) is 2.88. The Morgan fingerprint density at radius 1 is 1.29 bits per heavy atom. The fraction of sp³-hybridized carbons (Fsp3) is 0.500. The second kappa shape index (κ2) is 5.81. The lowest BCUT2D eigenvalue weighted by Gasteiger charge is -2.24. The largest absolute Gasteiger partial charge is 0.489 e. The van der Waals surface area contributed by atoms with Gasteiger partial charge in [0.25, 0.3) is 0 Å². The van der Waals surface area contributed by atoms with Gasteiger partial charge in [-0.2, -0.15) is 0 Å². The van der Waals surface area contributed by atoms with E-state index in [4.69, 9.17) is 4.74 Å². The molecular formula is C16H21NO3S. The minimum absolute atomic E-state index is 0.222. The Kier molecular flexibility index (Phi) is 4.04. The van der Waals surface area contributed by atoms with Crippen LogP contribution in [-0.4, -0.2) is 50.6 Å². The zero-order chi connectivity index (χ0) is 14.9. The number of rotatable bonds is 2. The van der Waals surface area contributed by atoms with Crippen LogP contribution < -0.4 is 4.74 Å². The van der Waals surface area contributed by atoms with Gasteiger partial charge in [0.2, 0.25) is 0 Å². The number of benzene rings is 1. The number of ether oxygens (including phenoxy) is 1. The van der Waals surface area contributed by atoms with Crippen LogP contribution in [0.1, 0.15) is 18.9 Å². The highest BCUT2D eigenvalue weighted by Gasteiger charge is 2.26. The van der Waals surface area contributed by atoms with Crippen LogP contribution in [0.25, 0.3) is 6.08 Å². The Labute approximate surface area is 126 Å². The van der Waals surface area contributed by atoms with Gasteiger partial charge in [-0.05, 0) is 37.6 Å². The summed E-state index contributed by atoms with van der Waals surface area (Å²) >= 11 is 0. The predicted octanol–water partition coefficient (Wildman–Crippen LogP) is 1.97. The van der Waals surface area contributed by atoms with E-state index >= 15 is 0 Å². The summed E-state index contributed by atoms with van der Waals surface area (Å²) in [6, 6.07) is 7.99.